The fraction of sp³-hybridized carbons (Fsp3) is 0.185. The first-order valence-corrected chi connectivity index (χ1v) is 11.1. The van der Waals surface area contributed by atoms with Crippen LogP contribution in [0.5, 0.6) is 34.5 Å². The first-order chi connectivity index (χ1) is 17.0. The van der Waals surface area contributed by atoms with Gasteiger partial charge < -0.3 is 28.8 Å². The Balaban J connectivity index is 1.42. The van der Waals surface area contributed by atoms with Crippen molar-refractivity contribution in [1.29, 1.82) is 0 Å². The van der Waals surface area contributed by atoms with Gasteiger partial charge in [0.25, 0.3) is 0 Å². The third-order valence-electron chi connectivity index (χ3n) is 6.25. The van der Waals surface area contributed by atoms with Crippen molar-refractivity contribution in [2.45, 2.75) is 12.3 Å². The van der Waals surface area contributed by atoms with Crippen molar-refractivity contribution in [3.63, 3.8) is 0 Å². The van der Waals surface area contributed by atoms with Gasteiger partial charge in [0.05, 0.1) is 19.1 Å². The highest BCUT2D eigenvalue weighted by Crippen LogP contribution is 2.50. The average molecular weight is 472 g/mol. The summed E-state index contributed by atoms with van der Waals surface area (Å²) in [6, 6.07) is 13.6. The molecule has 0 bridgehead atoms. The van der Waals surface area contributed by atoms with E-state index in [4.69, 9.17) is 23.7 Å². The molecule has 0 aromatic heterocycles. The van der Waals surface area contributed by atoms with E-state index >= 15 is 0 Å². The van der Waals surface area contributed by atoms with Gasteiger partial charge in [0.1, 0.15) is 24.7 Å². The number of allylic oxidation sites excluding steroid dienone is 1. The number of phenolic OH excluding ortho intramolecular Hbond substituents is 1. The van der Waals surface area contributed by atoms with Crippen LogP contribution >= 0.6 is 0 Å². The van der Waals surface area contributed by atoms with E-state index in [1.165, 1.54) is 13.2 Å². The van der Waals surface area contributed by atoms with Crippen molar-refractivity contribution in [3.8, 4) is 34.5 Å². The highest BCUT2D eigenvalue weighted by atomic mass is 16.6. The molecule has 0 spiro atoms. The lowest BCUT2D eigenvalue weighted by atomic mass is 9.84. The molecule has 0 saturated carbocycles. The summed E-state index contributed by atoms with van der Waals surface area (Å²) in [5.74, 6) is 1.31. The Morgan fingerprint density at radius 3 is 2.54 bits per heavy atom. The second-order valence-corrected chi connectivity index (χ2v) is 8.36. The SMILES string of the molecule is COc1ccc(/C=C2\Oc3c(ccc4c3C(c3ccc5c(c3)OCCO5)CC(=O)O4)C2=O)cc1O. The van der Waals surface area contributed by atoms with Crippen LogP contribution < -0.4 is 23.7 Å². The number of carbonyl (C=O) groups is 2. The number of phenols is 1. The predicted octanol–water partition coefficient (Wildman–Crippen LogP) is 4.23. The largest absolute Gasteiger partial charge is 0.504 e. The standard InChI is InChI=1S/C27H20O8/c1-31-19-5-2-14(10-18(19)28)11-23-26(30)16-4-7-21-25(27(16)35-23)17(13-24(29)34-21)15-3-6-20-22(12-15)33-9-8-32-20/h2-7,10-12,17,28H,8-9,13H2,1H3/b23-11-. The number of Topliss-reactive ketones (excluding diaryl/α,β-unsaturated/α-hetero) is 1. The monoisotopic (exact) mass is 472 g/mol. The molecule has 1 N–H and O–H groups in total. The summed E-state index contributed by atoms with van der Waals surface area (Å²) < 4.78 is 28.0. The van der Waals surface area contributed by atoms with Gasteiger partial charge in [-0.3, -0.25) is 9.59 Å². The average Bonchev–Trinajstić information content (AvgIpc) is 3.18. The van der Waals surface area contributed by atoms with E-state index in [1.807, 2.05) is 18.2 Å². The Hall–Kier alpha value is -4.46. The lowest BCUT2D eigenvalue weighted by Crippen LogP contribution is -2.22. The van der Waals surface area contributed by atoms with Crippen LogP contribution in [0.1, 0.15) is 39.4 Å². The van der Waals surface area contributed by atoms with E-state index in [0.29, 0.717) is 58.7 Å². The van der Waals surface area contributed by atoms with Gasteiger partial charge >= 0.3 is 5.97 Å². The third kappa shape index (κ3) is 3.54. The van der Waals surface area contributed by atoms with Crippen molar-refractivity contribution in [3.05, 3.63) is 76.5 Å². The van der Waals surface area contributed by atoms with Gasteiger partial charge in [-0.2, -0.15) is 0 Å². The maximum atomic E-state index is 13.2. The molecule has 8 heteroatoms. The minimum Gasteiger partial charge on any atom is -0.504 e. The topological polar surface area (TPSA) is 101 Å². The molecular formula is C27H20O8. The molecule has 3 aliphatic rings. The summed E-state index contributed by atoms with van der Waals surface area (Å²) in [5.41, 5.74) is 2.42. The van der Waals surface area contributed by atoms with Crippen LogP contribution in [0.4, 0.5) is 0 Å². The van der Waals surface area contributed by atoms with Crippen LogP contribution in [0.15, 0.2) is 54.3 Å². The molecule has 176 valence electrons. The number of ether oxygens (including phenoxy) is 5. The second kappa shape index (κ2) is 8.09. The molecule has 0 aliphatic carbocycles. The number of methoxy groups -OCH3 is 1. The summed E-state index contributed by atoms with van der Waals surface area (Å²) in [6.07, 6.45) is 1.65. The lowest BCUT2D eigenvalue weighted by molar-refractivity contribution is -0.135. The van der Waals surface area contributed by atoms with Gasteiger partial charge in [-0.1, -0.05) is 12.1 Å². The van der Waals surface area contributed by atoms with E-state index in [9.17, 15) is 14.7 Å². The molecule has 3 aromatic carbocycles. The van der Waals surface area contributed by atoms with Gasteiger partial charge in [0, 0.05) is 11.5 Å². The van der Waals surface area contributed by atoms with Crippen LogP contribution in [0, 0.1) is 0 Å². The number of hydrogen-bond donors (Lipinski definition) is 1. The minimum atomic E-state index is -0.394. The van der Waals surface area contributed by atoms with Gasteiger partial charge in [-0.25, -0.2) is 0 Å². The number of esters is 1. The van der Waals surface area contributed by atoms with Crippen molar-refractivity contribution < 1.29 is 38.4 Å². The number of benzene rings is 3. The molecule has 1 atom stereocenters. The molecule has 6 rings (SSSR count). The van der Waals surface area contributed by atoms with Crippen LogP contribution in [0.25, 0.3) is 6.08 Å². The summed E-state index contributed by atoms with van der Waals surface area (Å²) in [6.45, 7) is 0.928. The number of aromatic hydroxyl groups is 1. The molecule has 3 heterocycles. The number of ketones is 1. The first kappa shape index (κ1) is 21.1. The summed E-state index contributed by atoms with van der Waals surface area (Å²) in [7, 11) is 1.46. The van der Waals surface area contributed by atoms with Crippen LogP contribution in [0.2, 0.25) is 0 Å². The summed E-state index contributed by atoms with van der Waals surface area (Å²) >= 11 is 0. The zero-order chi connectivity index (χ0) is 24.1. The molecule has 0 radical (unpaired) electrons. The van der Waals surface area contributed by atoms with Crippen LogP contribution in [-0.4, -0.2) is 37.2 Å². The molecule has 0 saturated heterocycles. The maximum Gasteiger partial charge on any atom is 0.312 e. The molecule has 1 unspecified atom stereocenters. The fourth-order valence-corrected chi connectivity index (χ4v) is 4.62. The molecule has 0 amide bonds. The molecule has 3 aliphatic heterocycles. The minimum absolute atomic E-state index is 0.0484. The molecular weight excluding hydrogens is 452 g/mol. The lowest BCUT2D eigenvalue weighted by Gasteiger charge is -2.27. The highest BCUT2D eigenvalue weighted by Gasteiger charge is 2.38. The second-order valence-electron chi connectivity index (χ2n) is 8.36. The van der Waals surface area contributed by atoms with Crippen LogP contribution in [0.3, 0.4) is 0 Å². The van der Waals surface area contributed by atoms with Crippen LogP contribution in [-0.2, 0) is 4.79 Å². The molecule has 0 fully saturated rings. The summed E-state index contributed by atoms with van der Waals surface area (Å²) in [4.78, 5) is 25.6. The van der Waals surface area contributed by atoms with Gasteiger partial charge in [-0.05, 0) is 53.6 Å². The normalized spacial score (nSPS) is 19.0. The Bertz CT molecular complexity index is 1420. The Labute approximate surface area is 200 Å². The van der Waals surface area contributed by atoms with Gasteiger partial charge in [0.15, 0.2) is 28.8 Å². The summed E-state index contributed by atoms with van der Waals surface area (Å²) in [5, 5.41) is 10.1. The van der Waals surface area contributed by atoms with Gasteiger partial charge in [0.2, 0.25) is 5.78 Å². The zero-order valence-corrected chi connectivity index (χ0v) is 18.7. The van der Waals surface area contributed by atoms with Crippen molar-refractivity contribution in [1.82, 2.24) is 0 Å². The zero-order valence-electron chi connectivity index (χ0n) is 18.7. The van der Waals surface area contributed by atoms with E-state index in [0.717, 1.165) is 5.56 Å². The number of fused-ring (bicyclic) bond motifs is 4. The van der Waals surface area contributed by atoms with Gasteiger partial charge in [-0.15, -0.1) is 0 Å². The van der Waals surface area contributed by atoms with Crippen molar-refractivity contribution in [2.24, 2.45) is 0 Å². The predicted molar refractivity (Wildman–Crippen MR) is 124 cm³/mol. The molecule has 8 nitrogen and oxygen atoms in total. The van der Waals surface area contributed by atoms with Crippen molar-refractivity contribution >= 4 is 17.8 Å². The van der Waals surface area contributed by atoms with E-state index in [1.54, 1.807) is 30.3 Å². The smallest absolute Gasteiger partial charge is 0.312 e. The molecule has 35 heavy (non-hydrogen) atoms. The van der Waals surface area contributed by atoms with Crippen molar-refractivity contribution in [2.75, 3.05) is 20.3 Å². The Morgan fingerprint density at radius 2 is 1.74 bits per heavy atom. The fourth-order valence-electron chi connectivity index (χ4n) is 4.62. The maximum absolute atomic E-state index is 13.2. The number of carbonyl (C=O) groups excluding carboxylic acids is 2. The van der Waals surface area contributed by atoms with E-state index in [2.05, 4.69) is 0 Å². The third-order valence-corrected chi connectivity index (χ3v) is 6.25. The highest BCUT2D eigenvalue weighted by molar-refractivity contribution is 6.15. The Kier molecular flexibility index (Phi) is 4.88. The quantitative estimate of drug-likeness (QED) is 0.343. The molecule has 3 aromatic rings. The first-order valence-electron chi connectivity index (χ1n) is 11.1. The van der Waals surface area contributed by atoms with E-state index < -0.39 is 5.92 Å². The Morgan fingerprint density at radius 1 is 0.943 bits per heavy atom. The van der Waals surface area contributed by atoms with E-state index in [-0.39, 0.29) is 29.7 Å². The number of hydrogen-bond acceptors (Lipinski definition) is 8. The number of rotatable bonds is 3.